The standard InChI is InChI=1S/C11H16N2O3.ClH/c12-6-9(14)7-16-10-3-1-8(2-4-10)5-11(13)15;/h1-4,9,14H,5-7,12H2,(H2,13,15);1H. The van der Waals surface area contributed by atoms with Crippen LogP contribution < -0.4 is 16.2 Å². The van der Waals surface area contributed by atoms with Crippen LogP contribution in [0.5, 0.6) is 5.75 Å². The van der Waals surface area contributed by atoms with E-state index in [2.05, 4.69) is 0 Å². The highest BCUT2D eigenvalue weighted by Gasteiger charge is 2.03. The number of amides is 1. The van der Waals surface area contributed by atoms with Crippen LogP contribution in [-0.4, -0.2) is 30.3 Å². The summed E-state index contributed by atoms with van der Waals surface area (Å²) >= 11 is 0. The van der Waals surface area contributed by atoms with Gasteiger partial charge < -0.3 is 21.3 Å². The molecular weight excluding hydrogens is 244 g/mol. The molecule has 0 aromatic heterocycles. The van der Waals surface area contributed by atoms with Crippen molar-refractivity contribution in [3.8, 4) is 5.75 Å². The van der Waals surface area contributed by atoms with Crippen LogP contribution in [0.3, 0.4) is 0 Å². The minimum Gasteiger partial charge on any atom is -0.491 e. The Balaban J connectivity index is 0.00000256. The first kappa shape index (κ1) is 15.7. The lowest BCUT2D eigenvalue weighted by Crippen LogP contribution is -2.26. The molecule has 1 aromatic rings. The van der Waals surface area contributed by atoms with Crippen molar-refractivity contribution < 1.29 is 14.6 Å². The molecule has 0 saturated heterocycles. The third-order valence-electron chi connectivity index (χ3n) is 2.02. The summed E-state index contributed by atoms with van der Waals surface area (Å²) in [6.07, 6.45) is -0.448. The van der Waals surface area contributed by atoms with Crippen molar-refractivity contribution in [3.63, 3.8) is 0 Å². The highest BCUT2D eigenvalue weighted by Crippen LogP contribution is 2.12. The van der Waals surface area contributed by atoms with Crippen LogP contribution in [-0.2, 0) is 11.2 Å². The fraction of sp³-hybridized carbons (Fsp3) is 0.364. The van der Waals surface area contributed by atoms with E-state index in [9.17, 15) is 9.90 Å². The van der Waals surface area contributed by atoms with Gasteiger partial charge in [0.05, 0.1) is 6.42 Å². The zero-order chi connectivity index (χ0) is 12.0. The van der Waals surface area contributed by atoms with Crippen LogP contribution in [0.4, 0.5) is 0 Å². The molecule has 0 aliphatic carbocycles. The number of benzene rings is 1. The van der Waals surface area contributed by atoms with E-state index in [1.54, 1.807) is 24.3 Å². The quantitative estimate of drug-likeness (QED) is 0.662. The van der Waals surface area contributed by atoms with Crippen LogP contribution in [0.1, 0.15) is 5.56 Å². The summed E-state index contributed by atoms with van der Waals surface area (Å²) in [7, 11) is 0. The Hall–Kier alpha value is -1.30. The lowest BCUT2D eigenvalue weighted by Gasteiger charge is -2.10. The van der Waals surface area contributed by atoms with E-state index >= 15 is 0 Å². The molecule has 5 nitrogen and oxygen atoms in total. The van der Waals surface area contributed by atoms with Crippen molar-refractivity contribution in [2.45, 2.75) is 12.5 Å². The fourth-order valence-corrected chi connectivity index (χ4v) is 1.17. The van der Waals surface area contributed by atoms with Crippen LogP contribution >= 0.6 is 12.4 Å². The molecule has 0 heterocycles. The molecule has 6 heteroatoms. The highest BCUT2D eigenvalue weighted by molar-refractivity contribution is 5.85. The summed E-state index contributed by atoms with van der Waals surface area (Å²) in [5.74, 6) is 0.257. The van der Waals surface area contributed by atoms with E-state index in [0.717, 1.165) is 5.56 Å². The molecule has 1 unspecified atom stereocenters. The number of nitrogens with two attached hydrogens (primary N) is 2. The Morgan fingerprint density at radius 3 is 2.41 bits per heavy atom. The first-order valence-corrected chi connectivity index (χ1v) is 5.00. The third-order valence-corrected chi connectivity index (χ3v) is 2.02. The fourth-order valence-electron chi connectivity index (χ4n) is 1.17. The van der Waals surface area contributed by atoms with E-state index in [0.29, 0.717) is 5.75 Å². The van der Waals surface area contributed by atoms with Crippen molar-refractivity contribution in [1.29, 1.82) is 0 Å². The maximum Gasteiger partial charge on any atom is 0.221 e. The van der Waals surface area contributed by atoms with Gasteiger partial charge in [-0.05, 0) is 17.7 Å². The number of aliphatic hydroxyl groups excluding tert-OH is 1. The van der Waals surface area contributed by atoms with Gasteiger partial charge in [0.15, 0.2) is 0 Å². The molecule has 0 bridgehead atoms. The van der Waals surface area contributed by atoms with Gasteiger partial charge in [0.2, 0.25) is 5.91 Å². The summed E-state index contributed by atoms with van der Waals surface area (Å²) < 4.78 is 5.27. The summed E-state index contributed by atoms with van der Waals surface area (Å²) in [5.41, 5.74) is 11.1. The van der Waals surface area contributed by atoms with Gasteiger partial charge in [0.1, 0.15) is 18.5 Å². The Bertz CT molecular complexity index is 343. The van der Waals surface area contributed by atoms with Crippen molar-refractivity contribution in [1.82, 2.24) is 0 Å². The second-order valence-corrected chi connectivity index (χ2v) is 3.49. The molecular formula is C11H17ClN2O3. The van der Waals surface area contributed by atoms with Crippen molar-refractivity contribution >= 4 is 18.3 Å². The first-order valence-electron chi connectivity index (χ1n) is 5.00. The van der Waals surface area contributed by atoms with Gasteiger partial charge in [-0.25, -0.2) is 0 Å². The second-order valence-electron chi connectivity index (χ2n) is 3.49. The molecule has 0 radical (unpaired) electrons. The largest absolute Gasteiger partial charge is 0.491 e. The zero-order valence-corrected chi connectivity index (χ0v) is 10.2. The number of ether oxygens (including phenoxy) is 1. The molecule has 0 spiro atoms. The predicted molar refractivity (Wildman–Crippen MR) is 67.1 cm³/mol. The molecule has 1 aromatic carbocycles. The maximum atomic E-state index is 10.7. The average molecular weight is 261 g/mol. The van der Waals surface area contributed by atoms with Crippen LogP contribution in [0.25, 0.3) is 0 Å². The van der Waals surface area contributed by atoms with E-state index in [4.69, 9.17) is 16.2 Å². The van der Waals surface area contributed by atoms with Crippen LogP contribution in [0, 0.1) is 0 Å². The SMILES string of the molecule is Cl.NCC(O)COc1ccc(CC(N)=O)cc1. The molecule has 1 rings (SSSR count). The van der Waals surface area contributed by atoms with Crippen LogP contribution in [0.15, 0.2) is 24.3 Å². The summed E-state index contributed by atoms with van der Waals surface area (Å²) in [6, 6.07) is 6.97. The number of aliphatic hydroxyl groups is 1. The Morgan fingerprint density at radius 2 is 1.94 bits per heavy atom. The molecule has 5 N–H and O–H groups in total. The number of rotatable bonds is 6. The number of hydrogen-bond donors (Lipinski definition) is 3. The minimum atomic E-state index is -0.662. The van der Waals surface area contributed by atoms with Gasteiger partial charge in [0, 0.05) is 6.54 Å². The lowest BCUT2D eigenvalue weighted by molar-refractivity contribution is -0.117. The number of hydrogen-bond acceptors (Lipinski definition) is 4. The monoisotopic (exact) mass is 260 g/mol. The average Bonchev–Trinajstić information content (AvgIpc) is 2.27. The second kappa shape index (κ2) is 7.89. The van der Waals surface area contributed by atoms with E-state index < -0.39 is 6.10 Å². The van der Waals surface area contributed by atoms with E-state index in [1.807, 2.05) is 0 Å². The number of primary amides is 1. The van der Waals surface area contributed by atoms with Crippen molar-refractivity contribution in [2.24, 2.45) is 11.5 Å². The van der Waals surface area contributed by atoms with Gasteiger partial charge in [-0.3, -0.25) is 4.79 Å². The Morgan fingerprint density at radius 1 is 1.35 bits per heavy atom. The predicted octanol–water partition coefficient (Wildman–Crippen LogP) is -0.165. The Kier molecular flexibility index (Phi) is 7.29. The van der Waals surface area contributed by atoms with Gasteiger partial charge in [-0.15, -0.1) is 12.4 Å². The summed E-state index contributed by atoms with van der Waals surface area (Å²) in [4.78, 5) is 10.7. The molecule has 0 fully saturated rings. The van der Waals surface area contributed by atoms with Crippen LogP contribution in [0.2, 0.25) is 0 Å². The summed E-state index contributed by atoms with van der Waals surface area (Å²) in [6.45, 7) is 0.325. The minimum absolute atomic E-state index is 0. The normalized spacial score (nSPS) is 11.4. The highest BCUT2D eigenvalue weighted by atomic mass is 35.5. The van der Waals surface area contributed by atoms with E-state index in [1.165, 1.54) is 0 Å². The first-order chi connectivity index (χ1) is 7.61. The number of halogens is 1. The molecule has 96 valence electrons. The number of carbonyl (C=O) groups is 1. The third kappa shape index (κ3) is 6.11. The molecule has 17 heavy (non-hydrogen) atoms. The van der Waals surface area contributed by atoms with Gasteiger partial charge in [0.25, 0.3) is 0 Å². The maximum absolute atomic E-state index is 10.7. The van der Waals surface area contributed by atoms with E-state index in [-0.39, 0.29) is 37.9 Å². The Labute approximate surface area is 106 Å². The van der Waals surface area contributed by atoms with Gasteiger partial charge >= 0.3 is 0 Å². The van der Waals surface area contributed by atoms with Crippen molar-refractivity contribution in [2.75, 3.05) is 13.2 Å². The number of carbonyl (C=O) groups excluding carboxylic acids is 1. The molecule has 0 aliphatic rings. The van der Waals surface area contributed by atoms with Gasteiger partial charge in [-0.1, -0.05) is 12.1 Å². The van der Waals surface area contributed by atoms with Crippen molar-refractivity contribution in [3.05, 3.63) is 29.8 Å². The molecule has 1 atom stereocenters. The topological polar surface area (TPSA) is 98.6 Å². The lowest BCUT2D eigenvalue weighted by atomic mass is 10.1. The summed E-state index contributed by atoms with van der Waals surface area (Å²) in [5, 5.41) is 9.18. The molecule has 1 amide bonds. The smallest absolute Gasteiger partial charge is 0.221 e. The molecule has 0 saturated carbocycles. The molecule has 0 aliphatic heterocycles. The van der Waals surface area contributed by atoms with Gasteiger partial charge in [-0.2, -0.15) is 0 Å². The zero-order valence-electron chi connectivity index (χ0n) is 9.33.